The molecule has 0 radical (unpaired) electrons. The van der Waals surface area contributed by atoms with Crippen LogP contribution >= 0.6 is 0 Å². The van der Waals surface area contributed by atoms with E-state index >= 15 is 0 Å². The van der Waals surface area contributed by atoms with Crippen LogP contribution in [0.2, 0.25) is 0 Å². The summed E-state index contributed by atoms with van der Waals surface area (Å²) >= 11 is 0. The average molecular weight is 752 g/mol. The smallest absolute Gasteiger partial charge is 0.408 e. The predicted molar refractivity (Wildman–Crippen MR) is 197 cm³/mol. The summed E-state index contributed by atoms with van der Waals surface area (Å²) in [6.45, 7) is 10.3. The van der Waals surface area contributed by atoms with Crippen LogP contribution < -0.4 is 20.5 Å². The van der Waals surface area contributed by atoms with Crippen molar-refractivity contribution in [2.24, 2.45) is 13.0 Å². The van der Waals surface area contributed by atoms with Crippen molar-refractivity contribution < 1.29 is 37.4 Å². The lowest BCUT2D eigenvalue weighted by Gasteiger charge is -2.39. The van der Waals surface area contributed by atoms with Gasteiger partial charge in [-0.15, -0.1) is 0 Å². The monoisotopic (exact) mass is 751 g/mol. The van der Waals surface area contributed by atoms with E-state index in [1.54, 1.807) is 87.9 Å². The Kier molecular flexibility index (Phi) is 11.9. The maximum Gasteiger partial charge on any atom is 0.408 e. The number of aromatic nitrogens is 4. The maximum absolute atomic E-state index is 13.1. The first-order chi connectivity index (χ1) is 25.4. The molecular formula is C38H47F2N7O7. The number of anilines is 1. The van der Waals surface area contributed by atoms with Crippen molar-refractivity contribution in [3.05, 3.63) is 70.3 Å². The average Bonchev–Trinajstić information content (AvgIpc) is 3.33. The van der Waals surface area contributed by atoms with E-state index in [0.29, 0.717) is 47.6 Å². The van der Waals surface area contributed by atoms with Crippen LogP contribution in [0.5, 0.6) is 5.75 Å². The number of benzene rings is 2. The number of carbonyl (C=O) groups is 3. The van der Waals surface area contributed by atoms with Crippen molar-refractivity contribution in [3.8, 4) is 16.9 Å². The first kappa shape index (κ1) is 39.7. The van der Waals surface area contributed by atoms with E-state index in [-0.39, 0.29) is 35.7 Å². The summed E-state index contributed by atoms with van der Waals surface area (Å²) in [5.41, 5.74) is 2.45. The van der Waals surface area contributed by atoms with Gasteiger partial charge in [0, 0.05) is 56.2 Å². The molecule has 0 bridgehead atoms. The number of alkyl carbamates (subject to hydrolysis) is 1. The molecule has 0 spiro atoms. The second-order valence-corrected chi connectivity index (χ2v) is 14.7. The van der Waals surface area contributed by atoms with Crippen molar-refractivity contribution >= 4 is 34.8 Å². The highest BCUT2D eigenvalue weighted by Gasteiger charge is 2.32. The fourth-order valence-corrected chi connectivity index (χ4v) is 6.33. The van der Waals surface area contributed by atoms with E-state index in [0.717, 1.165) is 11.1 Å². The van der Waals surface area contributed by atoms with Gasteiger partial charge in [-0.1, -0.05) is 37.6 Å². The quantitative estimate of drug-likeness (QED) is 0.210. The van der Waals surface area contributed by atoms with Crippen LogP contribution in [0.3, 0.4) is 0 Å². The molecule has 16 heteroatoms. The molecule has 1 aliphatic rings. The van der Waals surface area contributed by atoms with Crippen molar-refractivity contribution in [1.82, 2.24) is 29.5 Å². The number of piperazine rings is 1. The van der Waals surface area contributed by atoms with Gasteiger partial charge < -0.3 is 29.3 Å². The Bertz CT molecular complexity index is 2060. The molecular weight excluding hydrogens is 704 g/mol. The normalized spacial score (nSPS) is 15.4. The summed E-state index contributed by atoms with van der Waals surface area (Å²) in [6, 6.07) is 9.09. The molecule has 1 N–H and O–H groups in total. The topological polar surface area (TPSA) is 150 Å². The van der Waals surface area contributed by atoms with Gasteiger partial charge in [-0.2, -0.15) is 8.78 Å². The molecule has 290 valence electrons. The lowest BCUT2D eigenvalue weighted by atomic mass is 10.1. The zero-order chi connectivity index (χ0) is 39.5. The van der Waals surface area contributed by atoms with Gasteiger partial charge in [-0.25, -0.2) is 19.6 Å². The number of amides is 2. The van der Waals surface area contributed by atoms with Crippen LogP contribution in [0.15, 0.2) is 53.6 Å². The van der Waals surface area contributed by atoms with Crippen LogP contribution in [0, 0.1) is 12.8 Å². The van der Waals surface area contributed by atoms with Gasteiger partial charge in [-0.05, 0) is 64.3 Å². The first-order valence-corrected chi connectivity index (χ1v) is 17.7. The standard InChI is InChI=1S/C38H47F2N7O7/c1-22(2)32(43-37(51)54-38(5,6)7)34(50)52-21-31(48)46-14-13-45(19-24(46)4)36-41-17-27(18-42-36)25-10-11-28-29(16-25)47(44(8)33(28)49)20-26-15-23(3)9-12-30(26)53-35(39)40/h9-12,15-18,22,24,32,35H,13-14,19-21H2,1-8H3,(H,43,51)/t24-,32?/m1/s1. The molecule has 2 amide bonds. The number of nitrogens with zero attached hydrogens (tertiary/aromatic N) is 6. The molecule has 1 fully saturated rings. The summed E-state index contributed by atoms with van der Waals surface area (Å²) < 4.78 is 44.8. The van der Waals surface area contributed by atoms with Gasteiger partial charge >= 0.3 is 18.7 Å². The van der Waals surface area contributed by atoms with Gasteiger partial charge in [0.25, 0.3) is 11.5 Å². The van der Waals surface area contributed by atoms with Gasteiger partial charge in [0.2, 0.25) is 5.95 Å². The number of alkyl halides is 2. The first-order valence-electron chi connectivity index (χ1n) is 17.7. The second kappa shape index (κ2) is 16.2. The Hall–Kier alpha value is -5.54. The van der Waals surface area contributed by atoms with E-state index in [4.69, 9.17) is 14.2 Å². The Morgan fingerprint density at radius 3 is 2.35 bits per heavy atom. The van der Waals surface area contributed by atoms with Crippen molar-refractivity contribution in [1.29, 1.82) is 0 Å². The van der Waals surface area contributed by atoms with E-state index in [1.165, 1.54) is 10.7 Å². The summed E-state index contributed by atoms with van der Waals surface area (Å²) in [4.78, 5) is 64.1. The Balaban J connectivity index is 1.23. The van der Waals surface area contributed by atoms with Crippen molar-refractivity contribution in [2.75, 3.05) is 31.1 Å². The third-order valence-electron chi connectivity index (χ3n) is 9.05. The highest BCUT2D eigenvalue weighted by Crippen LogP contribution is 2.28. The van der Waals surface area contributed by atoms with Gasteiger partial charge in [0.1, 0.15) is 17.4 Å². The van der Waals surface area contributed by atoms with Crippen molar-refractivity contribution in [2.45, 2.75) is 79.3 Å². The van der Waals surface area contributed by atoms with E-state index < -0.39 is 36.9 Å². The number of carbonyl (C=O) groups excluding carboxylic acids is 3. The Labute approximate surface area is 312 Å². The summed E-state index contributed by atoms with van der Waals surface area (Å²) in [6.07, 6.45) is 2.62. The Morgan fingerprint density at radius 1 is 1.02 bits per heavy atom. The van der Waals surface area contributed by atoms with Gasteiger partial charge in [0.05, 0.1) is 17.4 Å². The Morgan fingerprint density at radius 2 is 1.72 bits per heavy atom. The lowest BCUT2D eigenvalue weighted by molar-refractivity contribution is -0.155. The molecule has 2 atom stereocenters. The van der Waals surface area contributed by atoms with Crippen LogP contribution in [0.4, 0.5) is 19.5 Å². The predicted octanol–water partition coefficient (Wildman–Crippen LogP) is 4.88. The molecule has 4 aromatic rings. The number of halogens is 2. The number of rotatable bonds is 11. The third kappa shape index (κ3) is 9.33. The van der Waals surface area contributed by atoms with E-state index in [2.05, 4.69) is 15.3 Å². The minimum Gasteiger partial charge on any atom is -0.454 e. The maximum atomic E-state index is 13.1. The van der Waals surface area contributed by atoms with Crippen LogP contribution in [0.1, 0.15) is 52.7 Å². The number of esters is 1. The molecule has 14 nitrogen and oxygen atoms in total. The van der Waals surface area contributed by atoms with Crippen LogP contribution in [0.25, 0.3) is 22.0 Å². The van der Waals surface area contributed by atoms with E-state index in [1.807, 2.05) is 24.8 Å². The zero-order valence-electron chi connectivity index (χ0n) is 31.8. The number of ether oxygens (including phenoxy) is 3. The van der Waals surface area contributed by atoms with Crippen LogP contribution in [-0.2, 0) is 32.7 Å². The minimum absolute atomic E-state index is 0.0393. The highest BCUT2D eigenvalue weighted by atomic mass is 19.3. The molecule has 3 heterocycles. The largest absolute Gasteiger partial charge is 0.454 e. The molecule has 1 saturated heterocycles. The summed E-state index contributed by atoms with van der Waals surface area (Å²) in [7, 11) is 1.62. The number of hydrogen-bond donors (Lipinski definition) is 1. The SMILES string of the molecule is Cc1ccc(OC(F)F)c(Cn2c3cc(-c4cnc(N5CCN(C(=O)COC(=O)C(NC(=O)OC(C)(C)C)C(C)C)[C@H](C)C5)nc4)ccc3c(=O)n2C)c1. The highest BCUT2D eigenvalue weighted by molar-refractivity contribution is 5.86. The van der Waals surface area contributed by atoms with E-state index in [9.17, 15) is 28.0 Å². The molecule has 2 aromatic carbocycles. The molecule has 1 unspecified atom stereocenters. The zero-order valence-corrected chi connectivity index (χ0v) is 31.8. The molecule has 5 rings (SSSR count). The molecule has 0 aliphatic carbocycles. The molecule has 54 heavy (non-hydrogen) atoms. The fraction of sp³-hybridized carbons (Fsp3) is 0.474. The van der Waals surface area contributed by atoms with Gasteiger partial charge in [-0.3, -0.25) is 19.0 Å². The molecule has 1 aliphatic heterocycles. The third-order valence-corrected chi connectivity index (χ3v) is 9.05. The lowest BCUT2D eigenvalue weighted by Crippen LogP contribution is -2.55. The minimum atomic E-state index is -2.99. The second-order valence-electron chi connectivity index (χ2n) is 14.7. The number of nitrogens with one attached hydrogen (secondary N) is 1. The molecule has 2 aromatic heterocycles. The number of aryl methyl sites for hydroxylation is 1. The molecule has 0 saturated carbocycles. The summed E-state index contributed by atoms with van der Waals surface area (Å²) in [5, 5.41) is 3.00. The van der Waals surface area contributed by atoms with Crippen molar-refractivity contribution in [3.63, 3.8) is 0 Å². The fourth-order valence-electron chi connectivity index (χ4n) is 6.33. The number of hydrogen-bond acceptors (Lipinski definition) is 10. The summed E-state index contributed by atoms with van der Waals surface area (Å²) in [5.74, 6) is -0.870. The number of fused-ring (bicyclic) bond motifs is 1. The van der Waals surface area contributed by atoms with Gasteiger partial charge in [0.15, 0.2) is 6.61 Å². The van der Waals surface area contributed by atoms with Crippen LogP contribution in [-0.4, -0.2) is 92.7 Å².